The summed E-state index contributed by atoms with van der Waals surface area (Å²) in [6, 6.07) is 12.4. The molecule has 0 aliphatic rings. The fraction of sp³-hybridized carbons (Fsp3) is 0. The molecule has 2 N–H and O–H groups in total. The van der Waals surface area contributed by atoms with Crippen LogP contribution in [0, 0.1) is 0 Å². The van der Waals surface area contributed by atoms with Crippen LogP contribution in [0.1, 0.15) is 0 Å². The smallest absolute Gasteiger partial charge is 0.254 e. The summed E-state index contributed by atoms with van der Waals surface area (Å²) in [5.74, 6) is -0.175. The van der Waals surface area contributed by atoms with Gasteiger partial charge in [0.2, 0.25) is 5.88 Å². The van der Waals surface area contributed by atoms with Crippen LogP contribution in [-0.2, 0) is 0 Å². The minimum absolute atomic E-state index is 0.175. The monoisotopic (exact) mass is 227 g/mol. The van der Waals surface area contributed by atoms with Crippen LogP contribution in [0.25, 0.3) is 16.9 Å². The van der Waals surface area contributed by atoms with Crippen molar-refractivity contribution in [3.63, 3.8) is 0 Å². The van der Waals surface area contributed by atoms with Gasteiger partial charge in [-0.15, -0.1) is 0 Å². The number of rotatable bonds is 1. The summed E-state index contributed by atoms with van der Waals surface area (Å²) in [6.45, 7) is 0. The number of nitrogens with zero attached hydrogens (tertiary/aromatic N) is 2. The molecule has 0 aliphatic carbocycles. The molecule has 0 atom stereocenters. The Morgan fingerprint density at radius 2 is 1.94 bits per heavy atom. The first-order valence-corrected chi connectivity index (χ1v) is 5.11. The van der Waals surface area contributed by atoms with Crippen molar-refractivity contribution in [1.82, 2.24) is 14.6 Å². The third-order valence-corrected chi connectivity index (χ3v) is 2.51. The van der Waals surface area contributed by atoms with E-state index in [1.807, 2.05) is 30.3 Å². The van der Waals surface area contributed by atoms with Gasteiger partial charge in [0.15, 0.2) is 0 Å². The third-order valence-electron chi connectivity index (χ3n) is 2.51. The van der Waals surface area contributed by atoms with Gasteiger partial charge in [-0.05, 0) is 0 Å². The molecular weight excluding hydrogens is 218 g/mol. The highest BCUT2D eigenvalue weighted by Gasteiger charge is 2.07. The molecule has 5 nitrogen and oxygen atoms in total. The van der Waals surface area contributed by atoms with E-state index in [-0.39, 0.29) is 11.4 Å². The van der Waals surface area contributed by atoms with E-state index in [2.05, 4.69) is 10.1 Å². The molecule has 0 aliphatic heterocycles. The average Bonchev–Trinajstić information content (AvgIpc) is 2.74. The van der Waals surface area contributed by atoms with Gasteiger partial charge in [0.1, 0.15) is 5.65 Å². The van der Waals surface area contributed by atoms with Gasteiger partial charge in [0, 0.05) is 11.6 Å². The van der Waals surface area contributed by atoms with E-state index in [1.54, 1.807) is 6.07 Å². The number of hydrogen-bond donors (Lipinski definition) is 2. The SMILES string of the molecule is O=c1cc(O)n2nc(-c3ccccc3)cc2[nH]1. The van der Waals surface area contributed by atoms with Crippen molar-refractivity contribution in [2.75, 3.05) is 0 Å². The molecule has 0 radical (unpaired) electrons. The van der Waals surface area contributed by atoms with Crippen molar-refractivity contribution >= 4 is 5.65 Å². The van der Waals surface area contributed by atoms with Gasteiger partial charge >= 0.3 is 0 Å². The van der Waals surface area contributed by atoms with Crippen molar-refractivity contribution in [3.05, 3.63) is 52.8 Å². The molecule has 0 spiro atoms. The molecule has 0 fully saturated rings. The van der Waals surface area contributed by atoms with E-state index in [9.17, 15) is 9.90 Å². The molecular formula is C12H9N3O2. The van der Waals surface area contributed by atoms with Crippen LogP contribution in [0.15, 0.2) is 47.3 Å². The predicted molar refractivity (Wildman–Crippen MR) is 62.9 cm³/mol. The Kier molecular flexibility index (Phi) is 1.98. The summed E-state index contributed by atoms with van der Waals surface area (Å²) < 4.78 is 1.30. The van der Waals surface area contributed by atoms with Crippen LogP contribution in [0.2, 0.25) is 0 Å². The summed E-state index contributed by atoms with van der Waals surface area (Å²) in [6.07, 6.45) is 0. The van der Waals surface area contributed by atoms with Crippen LogP contribution in [0.3, 0.4) is 0 Å². The number of hydrogen-bond acceptors (Lipinski definition) is 3. The van der Waals surface area contributed by atoms with Gasteiger partial charge in [-0.2, -0.15) is 9.61 Å². The molecule has 17 heavy (non-hydrogen) atoms. The van der Waals surface area contributed by atoms with Crippen molar-refractivity contribution in [3.8, 4) is 17.1 Å². The minimum atomic E-state index is -0.352. The standard InChI is InChI=1S/C12H9N3O2/c16-11-7-12(17)15-10(13-11)6-9(14-15)8-4-2-1-3-5-8/h1-7,17H,(H,13,16). The second kappa shape index (κ2) is 3.48. The van der Waals surface area contributed by atoms with Crippen molar-refractivity contribution in [1.29, 1.82) is 0 Å². The molecule has 0 saturated heterocycles. The van der Waals surface area contributed by atoms with Crippen molar-refractivity contribution in [2.45, 2.75) is 0 Å². The fourth-order valence-corrected chi connectivity index (χ4v) is 1.74. The molecule has 5 heteroatoms. The summed E-state index contributed by atoms with van der Waals surface area (Å²) in [4.78, 5) is 13.8. The highest BCUT2D eigenvalue weighted by atomic mass is 16.3. The maximum Gasteiger partial charge on any atom is 0.254 e. The van der Waals surface area contributed by atoms with Crippen LogP contribution in [0.5, 0.6) is 5.88 Å². The lowest BCUT2D eigenvalue weighted by Gasteiger charge is -1.95. The predicted octanol–water partition coefficient (Wildman–Crippen LogP) is 1.40. The van der Waals surface area contributed by atoms with E-state index >= 15 is 0 Å². The number of H-pyrrole nitrogens is 1. The first kappa shape index (κ1) is 9.65. The first-order valence-electron chi connectivity index (χ1n) is 5.11. The van der Waals surface area contributed by atoms with Crippen LogP contribution >= 0.6 is 0 Å². The van der Waals surface area contributed by atoms with E-state index in [4.69, 9.17) is 0 Å². The topological polar surface area (TPSA) is 70.4 Å². The number of aromatic nitrogens is 3. The average molecular weight is 227 g/mol. The summed E-state index contributed by atoms with van der Waals surface area (Å²) in [5.41, 5.74) is 1.74. The summed E-state index contributed by atoms with van der Waals surface area (Å²) in [7, 11) is 0. The zero-order valence-electron chi connectivity index (χ0n) is 8.79. The van der Waals surface area contributed by atoms with Gasteiger partial charge in [0.05, 0.1) is 11.8 Å². The van der Waals surface area contributed by atoms with E-state index in [0.29, 0.717) is 11.3 Å². The quantitative estimate of drug-likeness (QED) is 0.660. The lowest BCUT2D eigenvalue weighted by Crippen LogP contribution is -2.06. The van der Waals surface area contributed by atoms with E-state index < -0.39 is 0 Å². The molecule has 0 saturated carbocycles. The lowest BCUT2D eigenvalue weighted by atomic mass is 10.2. The van der Waals surface area contributed by atoms with E-state index in [0.717, 1.165) is 11.6 Å². The van der Waals surface area contributed by atoms with Crippen LogP contribution in [0.4, 0.5) is 0 Å². The second-order valence-corrected chi connectivity index (χ2v) is 3.68. The van der Waals surface area contributed by atoms with Gasteiger partial charge in [-0.25, -0.2) is 0 Å². The van der Waals surface area contributed by atoms with Gasteiger partial charge in [0.25, 0.3) is 5.56 Å². The first-order chi connectivity index (χ1) is 8.24. The third kappa shape index (κ3) is 1.57. The Labute approximate surface area is 96.0 Å². The number of aromatic amines is 1. The molecule has 3 aromatic rings. The Morgan fingerprint density at radius 3 is 2.71 bits per heavy atom. The zero-order chi connectivity index (χ0) is 11.8. The lowest BCUT2D eigenvalue weighted by molar-refractivity contribution is 0.434. The van der Waals surface area contributed by atoms with Gasteiger partial charge in [-0.1, -0.05) is 30.3 Å². The normalized spacial score (nSPS) is 10.8. The molecule has 0 unspecified atom stereocenters. The Balaban J connectivity index is 2.27. The maximum atomic E-state index is 11.2. The molecule has 3 rings (SSSR count). The van der Waals surface area contributed by atoms with Gasteiger partial charge < -0.3 is 10.1 Å². The van der Waals surface area contributed by atoms with Crippen LogP contribution < -0.4 is 5.56 Å². The fourth-order valence-electron chi connectivity index (χ4n) is 1.74. The zero-order valence-corrected chi connectivity index (χ0v) is 8.79. The molecule has 0 bridgehead atoms. The van der Waals surface area contributed by atoms with E-state index in [1.165, 1.54) is 4.52 Å². The Bertz CT molecular complexity index is 728. The second-order valence-electron chi connectivity index (χ2n) is 3.68. The Hall–Kier alpha value is -2.56. The highest BCUT2D eigenvalue weighted by Crippen LogP contribution is 2.19. The summed E-state index contributed by atoms with van der Waals surface area (Å²) >= 11 is 0. The number of nitrogens with one attached hydrogen (secondary N) is 1. The van der Waals surface area contributed by atoms with Gasteiger partial charge in [-0.3, -0.25) is 4.79 Å². The molecule has 2 aromatic heterocycles. The largest absolute Gasteiger partial charge is 0.493 e. The summed E-state index contributed by atoms with van der Waals surface area (Å²) in [5, 5.41) is 13.8. The number of fused-ring (bicyclic) bond motifs is 1. The molecule has 2 heterocycles. The van der Waals surface area contributed by atoms with Crippen molar-refractivity contribution < 1.29 is 5.11 Å². The number of benzene rings is 1. The Morgan fingerprint density at radius 1 is 1.18 bits per heavy atom. The highest BCUT2D eigenvalue weighted by molar-refractivity contribution is 5.64. The molecule has 84 valence electrons. The molecule has 1 aromatic carbocycles. The van der Waals surface area contributed by atoms with Crippen LogP contribution in [-0.4, -0.2) is 19.7 Å². The maximum absolute atomic E-state index is 11.2. The van der Waals surface area contributed by atoms with Crippen molar-refractivity contribution in [2.24, 2.45) is 0 Å². The minimum Gasteiger partial charge on any atom is -0.493 e. The molecule has 0 amide bonds. The number of aromatic hydroxyl groups is 1.